The van der Waals surface area contributed by atoms with Crippen molar-refractivity contribution in [3.63, 3.8) is 0 Å². The number of nitrogens with one attached hydrogen (secondary N) is 1. The van der Waals surface area contributed by atoms with Crippen LogP contribution in [0.2, 0.25) is 5.02 Å². The van der Waals surface area contributed by atoms with Crippen LogP contribution in [0.25, 0.3) is 11.2 Å². The average molecular weight is 549 g/mol. The smallest absolute Gasteiger partial charge is 0.296 e. The number of halogens is 1. The maximum absolute atomic E-state index is 12.5. The summed E-state index contributed by atoms with van der Waals surface area (Å²) in [7, 11) is -0.756. The van der Waals surface area contributed by atoms with Crippen molar-refractivity contribution < 1.29 is 23.5 Å². The Morgan fingerprint density at radius 2 is 1.81 bits per heavy atom. The Morgan fingerprint density at radius 1 is 1.11 bits per heavy atom. The number of hydrogen-bond acceptors (Lipinski definition) is 10. The molecular weight excluding hydrogens is 520 g/mol. The predicted octanol–water partition coefficient (Wildman–Crippen LogP) is 1.93. The summed E-state index contributed by atoms with van der Waals surface area (Å²) in [5, 5.41) is 10.5. The highest BCUT2D eigenvalue weighted by Gasteiger charge is 2.48. The van der Waals surface area contributed by atoms with Crippen LogP contribution in [0, 0.1) is 0 Å². The SMILES string of the molecule is CN=S(C)(=O)c1ccc(N2CCN(c3nc4[nH]c(O[C@@H]5CO[C@H]6[C@@H]5OC[C@H]6O)nc4cc3Cl)CC2)cc1. The molecule has 3 aromatic rings. The molecule has 0 radical (unpaired) electrons. The van der Waals surface area contributed by atoms with E-state index in [0.29, 0.717) is 34.6 Å². The van der Waals surface area contributed by atoms with E-state index < -0.39 is 15.8 Å². The molecule has 11 nitrogen and oxygen atoms in total. The van der Waals surface area contributed by atoms with E-state index in [1.807, 2.05) is 24.3 Å². The average Bonchev–Trinajstić information content (AvgIpc) is 3.60. The van der Waals surface area contributed by atoms with Gasteiger partial charge in [0.1, 0.15) is 29.6 Å². The van der Waals surface area contributed by atoms with Gasteiger partial charge in [-0.25, -0.2) is 13.6 Å². The summed E-state index contributed by atoms with van der Waals surface area (Å²) in [6.07, 6.45) is -0.0408. The molecule has 3 aliphatic rings. The maximum atomic E-state index is 12.5. The minimum Gasteiger partial charge on any atom is -0.456 e. The van der Waals surface area contributed by atoms with Crippen LogP contribution in [0.4, 0.5) is 11.5 Å². The number of pyridine rings is 1. The van der Waals surface area contributed by atoms with E-state index in [-0.39, 0.29) is 24.9 Å². The van der Waals surface area contributed by atoms with Gasteiger partial charge < -0.3 is 29.1 Å². The van der Waals surface area contributed by atoms with Gasteiger partial charge in [-0.3, -0.25) is 4.98 Å². The molecule has 1 unspecified atom stereocenters. The second-order valence-corrected chi connectivity index (χ2v) is 12.3. The van der Waals surface area contributed by atoms with Crippen molar-refractivity contribution >= 4 is 44.0 Å². The summed E-state index contributed by atoms with van der Waals surface area (Å²) in [4.78, 5) is 17.5. The van der Waals surface area contributed by atoms with Crippen LogP contribution in [0.1, 0.15) is 0 Å². The topological polar surface area (TPSA) is 125 Å². The Hall–Kier alpha value is -2.64. The second-order valence-electron chi connectivity index (χ2n) is 9.48. The van der Waals surface area contributed by atoms with E-state index in [0.717, 1.165) is 36.8 Å². The lowest BCUT2D eigenvalue weighted by molar-refractivity contribution is 0.00706. The molecule has 2 N–H and O–H groups in total. The van der Waals surface area contributed by atoms with Crippen molar-refractivity contribution in [1.29, 1.82) is 0 Å². The van der Waals surface area contributed by atoms with Crippen molar-refractivity contribution in [3.05, 3.63) is 35.4 Å². The third kappa shape index (κ3) is 4.61. The van der Waals surface area contributed by atoms with Crippen LogP contribution >= 0.6 is 11.6 Å². The zero-order valence-corrected chi connectivity index (χ0v) is 22.1. The molecule has 0 spiro atoms. The standard InChI is InChI=1S/C24H29ClN6O5S/c1-26-37(2,33)15-5-3-14(4-6-15)30-7-9-31(10-8-30)23-16(25)11-17-22(28-23)29-24(27-17)36-19-13-35-20-18(32)12-34-21(19)20/h3-6,11,18-21,32H,7-10,12-13H2,1-2H3,(H,27,28,29)/t18-,19-,20-,21-,37?/m1/s1. The Kier molecular flexibility index (Phi) is 6.40. The number of nitrogens with zero attached hydrogens (tertiary/aromatic N) is 5. The Labute approximate surface area is 219 Å². The lowest BCUT2D eigenvalue weighted by Gasteiger charge is -2.37. The number of hydrogen-bond donors (Lipinski definition) is 2. The van der Waals surface area contributed by atoms with Crippen molar-refractivity contribution in [1.82, 2.24) is 15.0 Å². The first kappa shape index (κ1) is 24.7. The van der Waals surface area contributed by atoms with Crippen LogP contribution in [0.3, 0.4) is 0 Å². The minimum atomic E-state index is -2.34. The number of aliphatic hydroxyl groups excluding tert-OH is 1. The van der Waals surface area contributed by atoms with Crippen LogP contribution in [-0.2, 0) is 19.2 Å². The molecule has 13 heteroatoms. The molecule has 5 atom stereocenters. The molecule has 5 heterocycles. The number of piperazine rings is 1. The van der Waals surface area contributed by atoms with Gasteiger partial charge in [-0.15, -0.1) is 0 Å². The van der Waals surface area contributed by atoms with E-state index in [1.54, 1.807) is 19.4 Å². The number of benzene rings is 1. The first-order valence-corrected chi connectivity index (χ1v) is 14.5. The molecular formula is C24H29ClN6O5S. The van der Waals surface area contributed by atoms with Gasteiger partial charge in [-0.05, 0) is 30.3 Å². The number of aromatic nitrogens is 3. The minimum absolute atomic E-state index is 0.240. The highest BCUT2D eigenvalue weighted by Crippen LogP contribution is 2.32. The van der Waals surface area contributed by atoms with Gasteiger partial charge in [0.25, 0.3) is 6.01 Å². The van der Waals surface area contributed by atoms with Crippen LogP contribution in [0.5, 0.6) is 6.01 Å². The summed E-state index contributed by atoms with van der Waals surface area (Å²) in [5.41, 5.74) is 2.27. The van der Waals surface area contributed by atoms with Gasteiger partial charge in [0, 0.05) is 50.1 Å². The molecule has 0 aliphatic carbocycles. The normalized spacial score (nSPS) is 27.4. The summed E-state index contributed by atoms with van der Waals surface area (Å²) in [6.45, 7) is 3.64. The number of rotatable bonds is 5. The number of aromatic amines is 1. The molecule has 3 saturated heterocycles. The zero-order valence-electron chi connectivity index (χ0n) is 20.5. The highest BCUT2D eigenvalue weighted by molar-refractivity contribution is 7.93. The highest BCUT2D eigenvalue weighted by atomic mass is 35.5. The number of ether oxygens (including phenoxy) is 3. The van der Waals surface area contributed by atoms with Gasteiger partial charge >= 0.3 is 0 Å². The largest absolute Gasteiger partial charge is 0.456 e. The first-order valence-electron chi connectivity index (χ1n) is 12.2. The van der Waals surface area contributed by atoms with Crippen LogP contribution < -0.4 is 14.5 Å². The van der Waals surface area contributed by atoms with E-state index in [2.05, 4.69) is 24.1 Å². The predicted molar refractivity (Wildman–Crippen MR) is 140 cm³/mol. The van der Waals surface area contributed by atoms with Crippen molar-refractivity contribution in [2.75, 3.05) is 62.5 Å². The van der Waals surface area contributed by atoms with E-state index in [9.17, 15) is 9.32 Å². The number of anilines is 2. The first-order chi connectivity index (χ1) is 17.8. The Bertz CT molecular complexity index is 1420. The van der Waals surface area contributed by atoms with Gasteiger partial charge in [-0.1, -0.05) is 11.6 Å². The molecule has 0 amide bonds. The monoisotopic (exact) mass is 548 g/mol. The molecule has 3 aliphatic heterocycles. The molecule has 0 saturated carbocycles. The van der Waals surface area contributed by atoms with Crippen LogP contribution in [-0.4, -0.2) is 101 Å². The van der Waals surface area contributed by atoms with Gasteiger partial charge in [0.15, 0.2) is 11.8 Å². The summed E-state index contributed by atoms with van der Waals surface area (Å²) < 4.78 is 33.7. The van der Waals surface area contributed by atoms with E-state index in [4.69, 9.17) is 30.8 Å². The molecule has 198 valence electrons. The third-order valence-electron chi connectivity index (χ3n) is 7.20. The van der Waals surface area contributed by atoms with Gasteiger partial charge in [0.2, 0.25) is 0 Å². The van der Waals surface area contributed by atoms with Crippen molar-refractivity contribution in [2.45, 2.75) is 29.3 Å². The number of imidazole rings is 1. The fraction of sp³-hybridized carbons (Fsp3) is 0.500. The zero-order chi connectivity index (χ0) is 25.7. The fourth-order valence-corrected chi connectivity index (χ4v) is 6.16. The number of fused-ring (bicyclic) bond motifs is 2. The quantitative estimate of drug-likeness (QED) is 0.492. The molecule has 2 aromatic heterocycles. The summed E-state index contributed by atoms with van der Waals surface area (Å²) >= 11 is 6.62. The Morgan fingerprint density at radius 3 is 2.54 bits per heavy atom. The van der Waals surface area contributed by atoms with Gasteiger partial charge in [0.05, 0.1) is 28.0 Å². The lowest BCUT2D eigenvalue weighted by atomic mass is 10.1. The number of aliphatic hydroxyl groups is 1. The van der Waals surface area contributed by atoms with Crippen LogP contribution in [0.15, 0.2) is 39.6 Å². The van der Waals surface area contributed by atoms with Crippen molar-refractivity contribution in [2.24, 2.45) is 4.36 Å². The molecule has 3 fully saturated rings. The molecule has 37 heavy (non-hydrogen) atoms. The third-order valence-corrected chi connectivity index (χ3v) is 9.32. The molecule has 1 aromatic carbocycles. The second kappa shape index (κ2) is 9.59. The maximum Gasteiger partial charge on any atom is 0.296 e. The van der Waals surface area contributed by atoms with Gasteiger partial charge in [-0.2, -0.15) is 4.98 Å². The Balaban J connectivity index is 1.13. The number of H-pyrrole nitrogens is 1. The summed E-state index contributed by atoms with van der Waals surface area (Å²) in [6, 6.07) is 9.88. The van der Waals surface area contributed by atoms with Crippen molar-refractivity contribution in [3.8, 4) is 6.01 Å². The molecule has 6 rings (SSSR count). The summed E-state index contributed by atoms with van der Waals surface area (Å²) in [5.74, 6) is 0.696. The van der Waals surface area contributed by atoms with E-state index in [1.165, 1.54) is 0 Å². The lowest BCUT2D eigenvalue weighted by Crippen LogP contribution is -2.47. The van der Waals surface area contributed by atoms with E-state index >= 15 is 0 Å². The molecule has 0 bridgehead atoms. The fourth-order valence-electron chi connectivity index (χ4n) is 5.04.